The zero-order chi connectivity index (χ0) is 13.5. The SMILES string of the molecule is O=C(NCCc1ccccc1)C(F)=C1CCCCC1. The minimum Gasteiger partial charge on any atom is -0.350 e. The fourth-order valence-electron chi connectivity index (χ4n) is 2.40. The lowest BCUT2D eigenvalue weighted by atomic mass is 9.94. The van der Waals surface area contributed by atoms with Gasteiger partial charge in [-0.3, -0.25) is 4.79 Å². The van der Waals surface area contributed by atoms with E-state index in [4.69, 9.17) is 0 Å². The van der Waals surface area contributed by atoms with Gasteiger partial charge in [0.05, 0.1) is 0 Å². The molecule has 1 aromatic rings. The van der Waals surface area contributed by atoms with Crippen molar-refractivity contribution in [2.75, 3.05) is 6.54 Å². The van der Waals surface area contributed by atoms with Gasteiger partial charge in [0.25, 0.3) is 5.91 Å². The summed E-state index contributed by atoms with van der Waals surface area (Å²) in [6.45, 7) is 0.476. The number of rotatable bonds is 4. The first-order chi connectivity index (χ1) is 9.27. The van der Waals surface area contributed by atoms with Gasteiger partial charge >= 0.3 is 0 Å². The van der Waals surface area contributed by atoms with Gasteiger partial charge in [0.1, 0.15) is 0 Å². The highest BCUT2D eigenvalue weighted by atomic mass is 19.1. The number of halogens is 1. The maximum absolute atomic E-state index is 13.9. The summed E-state index contributed by atoms with van der Waals surface area (Å²) in [6, 6.07) is 9.88. The molecule has 19 heavy (non-hydrogen) atoms. The van der Waals surface area contributed by atoms with Crippen LogP contribution in [0.2, 0.25) is 0 Å². The maximum atomic E-state index is 13.9. The molecule has 102 valence electrons. The van der Waals surface area contributed by atoms with Crippen molar-refractivity contribution in [2.24, 2.45) is 0 Å². The highest BCUT2D eigenvalue weighted by Gasteiger charge is 2.16. The van der Waals surface area contributed by atoms with Crippen molar-refractivity contribution in [3.63, 3.8) is 0 Å². The standard InChI is InChI=1S/C16H20FNO/c17-15(14-9-5-2-6-10-14)16(19)18-12-11-13-7-3-1-4-8-13/h1,3-4,7-8H,2,5-6,9-12H2,(H,18,19). The Morgan fingerprint density at radius 1 is 1.11 bits per heavy atom. The van der Waals surface area contributed by atoms with Crippen molar-refractivity contribution in [2.45, 2.75) is 38.5 Å². The number of nitrogens with one attached hydrogen (secondary N) is 1. The van der Waals surface area contributed by atoms with Crippen LogP contribution in [0, 0.1) is 0 Å². The Bertz CT molecular complexity index is 445. The molecule has 0 saturated heterocycles. The third-order valence-electron chi connectivity index (χ3n) is 3.51. The molecular weight excluding hydrogens is 241 g/mol. The normalized spacial score (nSPS) is 15.1. The Balaban J connectivity index is 1.81. The van der Waals surface area contributed by atoms with E-state index < -0.39 is 11.7 Å². The summed E-state index contributed by atoms with van der Waals surface area (Å²) in [6.07, 6.45) is 5.34. The first-order valence-corrected chi connectivity index (χ1v) is 6.97. The lowest BCUT2D eigenvalue weighted by Gasteiger charge is -2.14. The van der Waals surface area contributed by atoms with Crippen molar-refractivity contribution in [3.05, 3.63) is 47.3 Å². The van der Waals surface area contributed by atoms with Crippen molar-refractivity contribution in [3.8, 4) is 0 Å². The zero-order valence-corrected chi connectivity index (χ0v) is 11.1. The van der Waals surface area contributed by atoms with E-state index in [0.29, 0.717) is 12.1 Å². The van der Waals surface area contributed by atoms with Crippen molar-refractivity contribution in [1.29, 1.82) is 0 Å². The van der Waals surface area contributed by atoms with E-state index in [9.17, 15) is 9.18 Å². The van der Waals surface area contributed by atoms with Gasteiger partial charge in [0, 0.05) is 6.54 Å². The molecule has 0 bridgehead atoms. The third kappa shape index (κ3) is 4.19. The van der Waals surface area contributed by atoms with Crippen LogP contribution in [0.3, 0.4) is 0 Å². The molecule has 0 aromatic heterocycles. The van der Waals surface area contributed by atoms with E-state index in [0.717, 1.165) is 44.1 Å². The van der Waals surface area contributed by atoms with E-state index in [1.54, 1.807) is 0 Å². The number of allylic oxidation sites excluding steroid dienone is 1. The molecule has 3 heteroatoms. The molecule has 2 nitrogen and oxygen atoms in total. The lowest BCUT2D eigenvalue weighted by Crippen LogP contribution is -2.27. The maximum Gasteiger partial charge on any atom is 0.279 e. The molecule has 1 N–H and O–H groups in total. The molecule has 1 amide bonds. The highest BCUT2D eigenvalue weighted by molar-refractivity contribution is 5.91. The van der Waals surface area contributed by atoms with Crippen LogP contribution in [0.25, 0.3) is 0 Å². The molecule has 1 aliphatic carbocycles. The summed E-state index contributed by atoms with van der Waals surface area (Å²) in [5, 5.41) is 2.66. The summed E-state index contributed by atoms with van der Waals surface area (Å²) in [5.74, 6) is -1.10. The van der Waals surface area contributed by atoms with Gasteiger partial charge in [-0.05, 0) is 43.2 Å². The average molecular weight is 261 g/mol. The number of amides is 1. The Hall–Kier alpha value is -1.64. The van der Waals surface area contributed by atoms with Gasteiger partial charge in [-0.1, -0.05) is 36.8 Å². The summed E-state index contributed by atoms with van der Waals surface area (Å²) in [7, 11) is 0. The van der Waals surface area contributed by atoms with Crippen LogP contribution in [0.15, 0.2) is 41.7 Å². The van der Waals surface area contributed by atoms with Crippen LogP contribution in [0.5, 0.6) is 0 Å². The fraction of sp³-hybridized carbons (Fsp3) is 0.438. The van der Waals surface area contributed by atoms with Crippen LogP contribution >= 0.6 is 0 Å². The molecule has 1 saturated carbocycles. The van der Waals surface area contributed by atoms with Crippen LogP contribution < -0.4 is 5.32 Å². The molecule has 1 aromatic carbocycles. The largest absolute Gasteiger partial charge is 0.350 e. The summed E-state index contributed by atoms with van der Waals surface area (Å²) in [5.41, 5.74) is 1.84. The predicted octanol–water partition coefficient (Wildman–Crippen LogP) is 3.53. The number of carbonyl (C=O) groups excluding carboxylic acids is 1. The van der Waals surface area contributed by atoms with Crippen molar-refractivity contribution < 1.29 is 9.18 Å². The second kappa shape index (κ2) is 7.07. The summed E-state index contributed by atoms with van der Waals surface area (Å²) >= 11 is 0. The Kier molecular flexibility index (Phi) is 5.13. The van der Waals surface area contributed by atoms with E-state index in [1.165, 1.54) is 0 Å². The molecule has 0 radical (unpaired) electrons. The number of hydrogen-bond acceptors (Lipinski definition) is 1. The minimum atomic E-state index is -0.548. The molecule has 1 fully saturated rings. The topological polar surface area (TPSA) is 29.1 Å². The van der Waals surface area contributed by atoms with E-state index in [2.05, 4.69) is 5.32 Å². The fourth-order valence-corrected chi connectivity index (χ4v) is 2.40. The Morgan fingerprint density at radius 2 is 1.79 bits per heavy atom. The Labute approximate surface area is 113 Å². The Morgan fingerprint density at radius 3 is 2.47 bits per heavy atom. The van der Waals surface area contributed by atoms with Gasteiger partial charge in [0.2, 0.25) is 0 Å². The van der Waals surface area contributed by atoms with Crippen molar-refractivity contribution >= 4 is 5.91 Å². The molecule has 0 unspecified atom stereocenters. The van der Waals surface area contributed by atoms with Crippen LogP contribution in [0.4, 0.5) is 4.39 Å². The van der Waals surface area contributed by atoms with Crippen LogP contribution in [-0.4, -0.2) is 12.5 Å². The molecule has 0 heterocycles. The summed E-state index contributed by atoms with van der Waals surface area (Å²) in [4.78, 5) is 11.7. The molecule has 2 rings (SSSR count). The molecular formula is C16H20FNO. The molecule has 0 atom stereocenters. The number of hydrogen-bond donors (Lipinski definition) is 1. The first kappa shape index (κ1) is 13.8. The molecule has 0 aliphatic heterocycles. The van der Waals surface area contributed by atoms with E-state index >= 15 is 0 Å². The zero-order valence-electron chi connectivity index (χ0n) is 11.1. The van der Waals surface area contributed by atoms with Crippen LogP contribution in [0.1, 0.15) is 37.7 Å². The molecule has 0 spiro atoms. The van der Waals surface area contributed by atoms with Gasteiger partial charge in [-0.2, -0.15) is 0 Å². The third-order valence-corrected chi connectivity index (χ3v) is 3.51. The highest BCUT2D eigenvalue weighted by Crippen LogP contribution is 2.26. The van der Waals surface area contributed by atoms with Crippen molar-refractivity contribution in [1.82, 2.24) is 5.32 Å². The minimum absolute atomic E-state index is 0.476. The van der Waals surface area contributed by atoms with Gasteiger partial charge in [0.15, 0.2) is 5.83 Å². The van der Waals surface area contributed by atoms with Gasteiger partial charge in [-0.25, -0.2) is 4.39 Å². The van der Waals surface area contributed by atoms with Gasteiger partial charge in [-0.15, -0.1) is 0 Å². The van der Waals surface area contributed by atoms with E-state index in [1.807, 2.05) is 30.3 Å². The molecule has 1 aliphatic rings. The predicted molar refractivity (Wildman–Crippen MR) is 74.4 cm³/mol. The second-order valence-corrected chi connectivity index (χ2v) is 4.97. The first-order valence-electron chi connectivity index (χ1n) is 6.97. The summed E-state index contributed by atoms with van der Waals surface area (Å²) < 4.78 is 13.9. The van der Waals surface area contributed by atoms with E-state index in [-0.39, 0.29) is 0 Å². The number of benzene rings is 1. The quantitative estimate of drug-likeness (QED) is 0.825. The smallest absolute Gasteiger partial charge is 0.279 e. The van der Waals surface area contributed by atoms with Crippen LogP contribution in [-0.2, 0) is 11.2 Å². The van der Waals surface area contributed by atoms with Gasteiger partial charge < -0.3 is 5.32 Å². The average Bonchev–Trinajstić information content (AvgIpc) is 2.48. The monoisotopic (exact) mass is 261 g/mol. The second-order valence-electron chi connectivity index (χ2n) is 4.97. The number of carbonyl (C=O) groups is 1. The lowest BCUT2D eigenvalue weighted by molar-refractivity contribution is -0.118.